The van der Waals surface area contributed by atoms with E-state index in [-0.39, 0.29) is 5.69 Å². The van der Waals surface area contributed by atoms with Crippen molar-refractivity contribution < 1.29 is 14.6 Å². The van der Waals surface area contributed by atoms with Gasteiger partial charge in [0.15, 0.2) is 5.69 Å². The second-order valence-corrected chi connectivity index (χ2v) is 8.24. The number of carbonyl (C=O) groups is 1. The Labute approximate surface area is 160 Å². The summed E-state index contributed by atoms with van der Waals surface area (Å²) in [5.41, 5.74) is 0.638. The van der Waals surface area contributed by atoms with Crippen LogP contribution in [0.3, 0.4) is 0 Å². The maximum absolute atomic E-state index is 12.7. The molecule has 2 aliphatic heterocycles. The van der Waals surface area contributed by atoms with Crippen molar-refractivity contribution in [2.75, 3.05) is 12.4 Å². The molecule has 0 bridgehead atoms. The van der Waals surface area contributed by atoms with E-state index in [9.17, 15) is 14.7 Å². The normalized spacial score (nSPS) is 17.3. The standard InChI is InChI=1S/C19H21N3O4S/c1-19(2)18-21-13(14(23)17(25)22(18)7-8-26-19)16(24)20-10-12-5-3-4-11-6-9-27-15(11)12/h3-5,23H,6-10H2,1-2H3,(H,20,24). The molecule has 0 unspecified atom stereocenters. The van der Waals surface area contributed by atoms with Crippen LogP contribution >= 0.6 is 11.8 Å². The molecular weight excluding hydrogens is 366 g/mol. The number of rotatable bonds is 3. The van der Waals surface area contributed by atoms with E-state index in [1.54, 1.807) is 25.6 Å². The number of hydrogen-bond donors (Lipinski definition) is 2. The highest BCUT2D eigenvalue weighted by molar-refractivity contribution is 7.99. The molecule has 0 aliphatic carbocycles. The van der Waals surface area contributed by atoms with Gasteiger partial charge in [0.2, 0.25) is 5.75 Å². The summed E-state index contributed by atoms with van der Waals surface area (Å²) >= 11 is 1.78. The van der Waals surface area contributed by atoms with E-state index >= 15 is 0 Å². The van der Waals surface area contributed by atoms with Crippen LogP contribution < -0.4 is 10.9 Å². The molecule has 0 atom stereocenters. The maximum atomic E-state index is 12.7. The number of ether oxygens (including phenoxy) is 1. The molecule has 0 spiro atoms. The van der Waals surface area contributed by atoms with E-state index in [0.717, 1.165) is 17.7 Å². The fourth-order valence-electron chi connectivity index (χ4n) is 3.51. The quantitative estimate of drug-likeness (QED) is 0.834. The van der Waals surface area contributed by atoms with Gasteiger partial charge in [-0.15, -0.1) is 11.8 Å². The van der Waals surface area contributed by atoms with Crippen LogP contribution in [0.1, 0.15) is 41.3 Å². The molecule has 2 N–H and O–H groups in total. The fourth-order valence-corrected chi connectivity index (χ4v) is 4.72. The number of aryl methyl sites for hydroxylation is 1. The van der Waals surface area contributed by atoms with Crippen LogP contribution in [-0.4, -0.2) is 32.9 Å². The van der Waals surface area contributed by atoms with Crippen molar-refractivity contribution in [3.05, 3.63) is 51.2 Å². The van der Waals surface area contributed by atoms with Crippen molar-refractivity contribution in [2.45, 2.75) is 43.9 Å². The first-order valence-corrected chi connectivity index (χ1v) is 9.87. The summed E-state index contributed by atoms with van der Waals surface area (Å²) in [6, 6.07) is 6.05. The molecule has 2 aromatic rings. The van der Waals surface area contributed by atoms with Gasteiger partial charge in [0.1, 0.15) is 11.4 Å². The lowest BCUT2D eigenvalue weighted by Gasteiger charge is -2.32. The van der Waals surface area contributed by atoms with Gasteiger partial charge >= 0.3 is 0 Å². The molecule has 1 amide bonds. The van der Waals surface area contributed by atoms with Crippen LogP contribution in [-0.2, 0) is 29.8 Å². The zero-order chi connectivity index (χ0) is 19.2. The largest absolute Gasteiger partial charge is 0.501 e. The van der Waals surface area contributed by atoms with Crippen molar-refractivity contribution in [2.24, 2.45) is 0 Å². The lowest BCUT2D eigenvalue weighted by molar-refractivity contribution is -0.0566. The Morgan fingerprint density at radius 2 is 2.26 bits per heavy atom. The third kappa shape index (κ3) is 3.12. The van der Waals surface area contributed by atoms with Crippen LogP contribution in [0.4, 0.5) is 0 Å². The number of thioether (sulfide) groups is 1. The van der Waals surface area contributed by atoms with Crippen LogP contribution in [0, 0.1) is 0 Å². The number of nitrogens with zero attached hydrogens (tertiary/aromatic N) is 2. The third-order valence-corrected chi connectivity index (χ3v) is 6.13. The number of carbonyl (C=O) groups excluding carboxylic acids is 1. The number of nitrogens with one attached hydrogen (secondary N) is 1. The number of amides is 1. The smallest absolute Gasteiger partial charge is 0.296 e. The zero-order valence-electron chi connectivity index (χ0n) is 15.2. The van der Waals surface area contributed by atoms with E-state index in [0.29, 0.717) is 25.5 Å². The first-order chi connectivity index (χ1) is 12.9. The Morgan fingerprint density at radius 3 is 3.07 bits per heavy atom. The minimum absolute atomic E-state index is 0.259. The van der Waals surface area contributed by atoms with Crippen molar-refractivity contribution >= 4 is 17.7 Å². The molecule has 4 rings (SSSR count). The van der Waals surface area contributed by atoms with Gasteiger partial charge in [0.05, 0.1) is 13.2 Å². The van der Waals surface area contributed by atoms with Crippen LogP contribution in [0.25, 0.3) is 0 Å². The lowest BCUT2D eigenvalue weighted by Crippen LogP contribution is -2.42. The van der Waals surface area contributed by atoms with Gasteiger partial charge in [-0.3, -0.25) is 14.2 Å². The molecule has 7 nitrogen and oxygen atoms in total. The van der Waals surface area contributed by atoms with E-state index in [1.807, 2.05) is 12.1 Å². The number of benzene rings is 1. The Kier molecular flexibility index (Phi) is 4.47. The molecule has 3 heterocycles. The topological polar surface area (TPSA) is 93.5 Å². The first-order valence-electron chi connectivity index (χ1n) is 8.88. The highest BCUT2D eigenvalue weighted by Crippen LogP contribution is 2.34. The summed E-state index contributed by atoms with van der Waals surface area (Å²) in [4.78, 5) is 30.6. The van der Waals surface area contributed by atoms with Crippen molar-refractivity contribution in [3.63, 3.8) is 0 Å². The van der Waals surface area contributed by atoms with E-state index < -0.39 is 22.8 Å². The monoisotopic (exact) mass is 387 g/mol. The molecule has 0 saturated carbocycles. The summed E-state index contributed by atoms with van der Waals surface area (Å²) in [5, 5.41) is 13.0. The minimum Gasteiger partial charge on any atom is -0.501 e. The third-order valence-electron chi connectivity index (χ3n) is 4.91. The fraction of sp³-hybridized carbons (Fsp3) is 0.421. The molecule has 142 valence electrons. The summed E-state index contributed by atoms with van der Waals surface area (Å²) in [7, 11) is 0. The minimum atomic E-state index is -0.808. The summed E-state index contributed by atoms with van der Waals surface area (Å²) in [6.07, 6.45) is 1.03. The number of hydrogen-bond acceptors (Lipinski definition) is 6. The van der Waals surface area contributed by atoms with Gasteiger partial charge in [0.25, 0.3) is 11.5 Å². The molecule has 8 heteroatoms. The molecular formula is C19H21N3O4S. The SMILES string of the molecule is CC1(C)OCCn2c1nc(C(=O)NCc1cccc3c1SCC3)c(O)c2=O. The number of aromatic nitrogens is 2. The van der Waals surface area contributed by atoms with Crippen LogP contribution in [0.2, 0.25) is 0 Å². The number of aromatic hydroxyl groups is 1. The second-order valence-electron chi connectivity index (χ2n) is 7.13. The summed E-state index contributed by atoms with van der Waals surface area (Å²) in [5.74, 6) is 0.189. The van der Waals surface area contributed by atoms with Gasteiger partial charge in [-0.25, -0.2) is 4.98 Å². The Morgan fingerprint density at radius 1 is 1.44 bits per heavy atom. The first kappa shape index (κ1) is 18.1. The molecule has 1 aromatic carbocycles. The van der Waals surface area contributed by atoms with Gasteiger partial charge in [-0.1, -0.05) is 18.2 Å². The molecule has 27 heavy (non-hydrogen) atoms. The van der Waals surface area contributed by atoms with Gasteiger partial charge in [0, 0.05) is 17.2 Å². The lowest BCUT2D eigenvalue weighted by atomic mass is 10.1. The Hall–Kier alpha value is -2.32. The summed E-state index contributed by atoms with van der Waals surface area (Å²) < 4.78 is 7.03. The van der Waals surface area contributed by atoms with Crippen molar-refractivity contribution in [1.29, 1.82) is 0 Å². The molecule has 0 radical (unpaired) electrons. The predicted octanol–water partition coefficient (Wildman–Crippen LogP) is 1.79. The Bertz CT molecular complexity index is 984. The second kappa shape index (κ2) is 6.69. The molecule has 0 fully saturated rings. The average molecular weight is 387 g/mol. The highest BCUT2D eigenvalue weighted by Gasteiger charge is 2.34. The van der Waals surface area contributed by atoms with Crippen molar-refractivity contribution in [1.82, 2.24) is 14.9 Å². The molecule has 2 aliphatic rings. The highest BCUT2D eigenvalue weighted by atomic mass is 32.2. The van der Waals surface area contributed by atoms with Gasteiger partial charge in [-0.05, 0) is 31.4 Å². The van der Waals surface area contributed by atoms with Gasteiger partial charge < -0.3 is 15.2 Å². The van der Waals surface area contributed by atoms with Crippen LogP contribution in [0.15, 0.2) is 27.9 Å². The zero-order valence-corrected chi connectivity index (χ0v) is 16.1. The average Bonchev–Trinajstić information content (AvgIpc) is 3.12. The maximum Gasteiger partial charge on any atom is 0.296 e. The summed E-state index contributed by atoms with van der Waals surface area (Å²) in [6.45, 7) is 4.53. The molecule has 1 aromatic heterocycles. The van der Waals surface area contributed by atoms with Crippen LogP contribution in [0.5, 0.6) is 5.75 Å². The van der Waals surface area contributed by atoms with E-state index in [1.165, 1.54) is 15.0 Å². The van der Waals surface area contributed by atoms with Crippen molar-refractivity contribution in [3.8, 4) is 5.75 Å². The number of fused-ring (bicyclic) bond motifs is 2. The van der Waals surface area contributed by atoms with Gasteiger partial charge in [-0.2, -0.15) is 0 Å². The van der Waals surface area contributed by atoms with E-state index in [4.69, 9.17) is 4.74 Å². The van der Waals surface area contributed by atoms with E-state index in [2.05, 4.69) is 16.4 Å². The Balaban J connectivity index is 1.62. The predicted molar refractivity (Wildman–Crippen MR) is 101 cm³/mol. The molecule has 0 saturated heterocycles.